The minimum Gasteiger partial charge on any atom is -0.496 e. The van der Waals surface area contributed by atoms with Gasteiger partial charge in [-0.15, -0.1) is 0 Å². The Balaban J connectivity index is 3.25. The summed E-state index contributed by atoms with van der Waals surface area (Å²) in [5, 5.41) is 9.28. The van der Waals surface area contributed by atoms with Gasteiger partial charge >= 0.3 is 5.97 Å². The number of rotatable bonds is 5. The quantitative estimate of drug-likeness (QED) is 0.892. The predicted octanol–water partition coefficient (Wildman–Crippen LogP) is 2.78. The molecule has 0 saturated carbocycles. The molecule has 1 rings (SSSR count). The highest BCUT2D eigenvalue weighted by molar-refractivity contribution is 9.10. The van der Waals surface area contributed by atoms with E-state index in [0.717, 1.165) is 4.47 Å². The number of ether oxygens (including phenoxy) is 1. The molecule has 5 nitrogen and oxygen atoms in total. The monoisotopic (exact) mass is 343 g/mol. The predicted molar refractivity (Wildman–Crippen MR) is 79.1 cm³/mol. The first-order valence-corrected chi connectivity index (χ1v) is 6.93. The summed E-state index contributed by atoms with van der Waals surface area (Å²) in [6.45, 7) is 5.04. The van der Waals surface area contributed by atoms with Crippen LogP contribution >= 0.6 is 15.9 Å². The molecule has 20 heavy (non-hydrogen) atoms. The first-order valence-electron chi connectivity index (χ1n) is 6.14. The summed E-state index contributed by atoms with van der Waals surface area (Å²) in [4.78, 5) is 25.2. The fraction of sp³-hybridized carbons (Fsp3) is 0.429. The zero-order valence-corrected chi connectivity index (χ0v) is 13.5. The van der Waals surface area contributed by atoms with Gasteiger partial charge in [-0.1, -0.05) is 15.9 Å². The molecule has 1 aromatic carbocycles. The lowest BCUT2D eigenvalue weighted by atomic mass is 10.0. The van der Waals surface area contributed by atoms with Crippen molar-refractivity contribution in [2.45, 2.75) is 26.3 Å². The molecule has 0 aliphatic heterocycles. The van der Waals surface area contributed by atoms with E-state index in [1.807, 2.05) is 0 Å². The molecule has 0 bridgehead atoms. The number of nitrogens with zero attached hydrogens (tertiary/aromatic N) is 1. The number of halogens is 1. The minimum absolute atomic E-state index is 0.289. The highest BCUT2D eigenvalue weighted by Crippen LogP contribution is 2.27. The number of hydrogen-bond donors (Lipinski definition) is 1. The Kier molecular flexibility index (Phi) is 5.16. The summed E-state index contributed by atoms with van der Waals surface area (Å²) < 4.78 is 5.97. The van der Waals surface area contributed by atoms with E-state index in [4.69, 9.17) is 4.74 Å². The zero-order chi connectivity index (χ0) is 15.5. The Bertz CT molecular complexity index is 528. The second kappa shape index (κ2) is 6.26. The number of aliphatic carboxylic acids is 1. The van der Waals surface area contributed by atoms with Crippen LogP contribution in [0, 0.1) is 0 Å². The Hall–Kier alpha value is -1.56. The maximum Gasteiger partial charge on any atom is 0.329 e. The van der Waals surface area contributed by atoms with E-state index in [-0.39, 0.29) is 12.5 Å². The van der Waals surface area contributed by atoms with Crippen molar-refractivity contribution < 1.29 is 19.4 Å². The Morgan fingerprint density at radius 2 is 2.00 bits per heavy atom. The molecule has 0 aliphatic rings. The normalized spacial score (nSPS) is 11.1. The smallest absolute Gasteiger partial charge is 0.329 e. The van der Waals surface area contributed by atoms with E-state index < -0.39 is 11.5 Å². The van der Waals surface area contributed by atoms with E-state index >= 15 is 0 Å². The number of carbonyl (C=O) groups is 2. The maximum absolute atomic E-state index is 12.6. The van der Waals surface area contributed by atoms with Gasteiger partial charge in [0.15, 0.2) is 0 Å². The van der Waals surface area contributed by atoms with Crippen molar-refractivity contribution in [1.82, 2.24) is 4.90 Å². The molecule has 6 heteroatoms. The van der Waals surface area contributed by atoms with E-state index in [1.165, 1.54) is 25.9 Å². The molecule has 0 heterocycles. The van der Waals surface area contributed by atoms with Crippen molar-refractivity contribution >= 4 is 27.8 Å². The van der Waals surface area contributed by atoms with E-state index in [0.29, 0.717) is 11.3 Å². The molecule has 0 aromatic heterocycles. The van der Waals surface area contributed by atoms with Crippen LogP contribution in [0.4, 0.5) is 0 Å². The van der Waals surface area contributed by atoms with Gasteiger partial charge in [-0.05, 0) is 39.0 Å². The Morgan fingerprint density at radius 1 is 1.40 bits per heavy atom. The molecule has 1 N–H and O–H groups in total. The Morgan fingerprint density at radius 3 is 2.45 bits per heavy atom. The Labute approximate surface area is 126 Å². The lowest BCUT2D eigenvalue weighted by Gasteiger charge is -2.34. The van der Waals surface area contributed by atoms with E-state index in [9.17, 15) is 14.7 Å². The summed E-state index contributed by atoms with van der Waals surface area (Å²) in [7, 11) is 1.47. The van der Waals surface area contributed by atoms with Gasteiger partial charge in [-0.3, -0.25) is 4.79 Å². The zero-order valence-electron chi connectivity index (χ0n) is 11.9. The minimum atomic E-state index is -1.29. The lowest BCUT2D eigenvalue weighted by Crippen LogP contribution is -2.52. The van der Waals surface area contributed by atoms with Crippen LogP contribution in [0.5, 0.6) is 5.75 Å². The average molecular weight is 344 g/mol. The van der Waals surface area contributed by atoms with Gasteiger partial charge in [-0.25, -0.2) is 4.79 Å². The molecule has 1 amide bonds. The summed E-state index contributed by atoms with van der Waals surface area (Å²) >= 11 is 3.30. The van der Waals surface area contributed by atoms with Crippen LogP contribution < -0.4 is 4.74 Å². The summed E-state index contributed by atoms with van der Waals surface area (Å²) in [6.07, 6.45) is 0. The molecule has 0 atom stereocenters. The van der Waals surface area contributed by atoms with Crippen molar-refractivity contribution in [2.75, 3.05) is 13.7 Å². The van der Waals surface area contributed by atoms with Gasteiger partial charge in [0.2, 0.25) is 0 Å². The van der Waals surface area contributed by atoms with E-state index in [2.05, 4.69) is 15.9 Å². The number of benzene rings is 1. The fourth-order valence-corrected chi connectivity index (χ4v) is 2.24. The highest BCUT2D eigenvalue weighted by Gasteiger charge is 2.38. The highest BCUT2D eigenvalue weighted by atomic mass is 79.9. The molecule has 0 radical (unpaired) electrons. The largest absolute Gasteiger partial charge is 0.496 e. The molecule has 0 aliphatic carbocycles. The van der Waals surface area contributed by atoms with Crippen LogP contribution in [-0.2, 0) is 4.79 Å². The first-order chi connectivity index (χ1) is 9.25. The topological polar surface area (TPSA) is 66.8 Å². The molecular weight excluding hydrogens is 326 g/mol. The van der Waals surface area contributed by atoms with Crippen LogP contribution in [0.15, 0.2) is 22.7 Å². The maximum atomic E-state index is 12.6. The standard InChI is InChI=1S/C14H18BrNO4/c1-5-16(14(2,3)13(18)19)12(17)10-7-6-9(15)8-11(10)20-4/h6-8H,5H2,1-4H3,(H,18,19). The summed E-state index contributed by atoms with van der Waals surface area (Å²) in [6, 6.07) is 5.01. The molecule has 1 aromatic rings. The molecule has 0 spiro atoms. The molecule has 0 unspecified atom stereocenters. The van der Waals surface area contributed by atoms with Crippen molar-refractivity contribution in [3.8, 4) is 5.75 Å². The van der Waals surface area contributed by atoms with Gasteiger partial charge < -0.3 is 14.7 Å². The number of amides is 1. The van der Waals surface area contributed by atoms with Crippen LogP contribution in [0.1, 0.15) is 31.1 Å². The first kappa shape index (κ1) is 16.5. The third kappa shape index (κ3) is 3.12. The van der Waals surface area contributed by atoms with Gasteiger partial charge in [0.05, 0.1) is 12.7 Å². The number of hydrogen-bond acceptors (Lipinski definition) is 3. The van der Waals surface area contributed by atoms with Crippen molar-refractivity contribution in [2.24, 2.45) is 0 Å². The average Bonchev–Trinajstić information content (AvgIpc) is 2.38. The van der Waals surface area contributed by atoms with Gasteiger partial charge in [0.1, 0.15) is 11.3 Å². The van der Waals surface area contributed by atoms with Crippen molar-refractivity contribution in [3.05, 3.63) is 28.2 Å². The van der Waals surface area contributed by atoms with Gasteiger partial charge in [0.25, 0.3) is 5.91 Å². The molecule has 0 fully saturated rings. The number of carboxylic acid groups (broad SMARTS) is 1. The third-order valence-electron chi connectivity index (χ3n) is 3.15. The lowest BCUT2D eigenvalue weighted by molar-refractivity contribution is -0.147. The van der Waals surface area contributed by atoms with Crippen LogP contribution in [0.25, 0.3) is 0 Å². The van der Waals surface area contributed by atoms with Gasteiger partial charge in [0, 0.05) is 11.0 Å². The molecule has 0 saturated heterocycles. The SMILES string of the molecule is CCN(C(=O)c1ccc(Br)cc1OC)C(C)(C)C(=O)O. The number of likely N-dealkylation sites (N-methyl/N-ethyl adjacent to an activating group) is 1. The number of carbonyl (C=O) groups excluding carboxylic acids is 1. The van der Waals surface area contributed by atoms with Crippen LogP contribution in [-0.4, -0.2) is 41.1 Å². The van der Waals surface area contributed by atoms with Crippen LogP contribution in [0.2, 0.25) is 0 Å². The van der Waals surface area contributed by atoms with E-state index in [1.54, 1.807) is 25.1 Å². The van der Waals surface area contributed by atoms with Crippen molar-refractivity contribution in [1.29, 1.82) is 0 Å². The van der Waals surface area contributed by atoms with Crippen LogP contribution in [0.3, 0.4) is 0 Å². The van der Waals surface area contributed by atoms with Crippen molar-refractivity contribution in [3.63, 3.8) is 0 Å². The summed E-state index contributed by atoms with van der Waals surface area (Å²) in [5.41, 5.74) is -0.948. The third-order valence-corrected chi connectivity index (χ3v) is 3.65. The number of carboxylic acids is 1. The second-order valence-corrected chi connectivity index (χ2v) is 5.67. The van der Waals surface area contributed by atoms with Gasteiger partial charge in [-0.2, -0.15) is 0 Å². The summed E-state index contributed by atoms with van der Waals surface area (Å²) in [5.74, 6) is -1.02. The number of methoxy groups -OCH3 is 1. The molecule has 110 valence electrons. The second-order valence-electron chi connectivity index (χ2n) is 4.76. The fourth-order valence-electron chi connectivity index (χ4n) is 1.90. The molecular formula is C14H18BrNO4.